The van der Waals surface area contributed by atoms with Gasteiger partial charge < -0.3 is 9.47 Å². The molecular formula is C12H16O2. The maximum atomic E-state index is 5.45. The van der Waals surface area contributed by atoms with Crippen LogP contribution in [0.5, 0.6) is 0 Å². The van der Waals surface area contributed by atoms with E-state index in [9.17, 15) is 0 Å². The molecule has 0 radical (unpaired) electrons. The third-order valence-electron chi connectivity index (χ3n) is 2.08. The van der Waals surface area contributed by atoms with E-state index in [4.69, 9.17) is 9.47 Å². The van der Waals surface area contributed by atoms with Crippen molar-refractivity contribution in [2.24, 2.45) is 0 Å². The molecule has 0 aliphatic carbocycles. The van der Waals surface area contributed by atoms with Gasteiger partial charge in [-0.15, -0.1) is 0 Å². The Morgan fingerprint density at radius 1 is 1.43 bits per heavy atom. The summed E-state index contributed by atoms with van der Waals surface area (Å²) in [6.07, 6.45) is 1.66. The van der Waals surface area contributed by atoms with Gasteiger partial charge in [0.15, 0.2) is 6.29 Å². The molecule has 1 atom stereocenters. The fourth-order valence-corrected chi connectivity index (χ4v) is 1.14. The predicted molar refractivity (Wildman–Crippen MR) is 57.8 cm³/mol. The van der Waals surface area contributed by atoms with Gasteiger partial charge in [0, 0.05) is 7.11 Å². The topological polar surface area (TPSA) is 18.5 Å². The normalized spacial score (nSPS) is 12.4. The highest BCUT2D eigenvalue weighted by Crippen LogP contribution is 2.12. The molecule has 76 valence electrons. The molecule has 0 saturated carbocycles. The largest absolute Gasteiger partial charge is 0.356 e. The molecule has 2 nitrogen and oxygen atoms in total. The molecule has 0 N–H and O–H groups in total. The molecule has 0 heterocycles. The SMILES string of the molecule is C=Cc1ccccc1COC(C)OC. The molecule has 0 spiro atoms. The smallest absolute Gasteiger partial charge is 0.154 e. The minimum atomic E-state index is -0.173. The van der Waals surface area contributed by atoms with Crippen molar-refractivity contribution in [3.63, 3.8) is 0 Å². The maximum absolute atomic E-state index is 5.45. The van der Waals surface area contributed by atoms with Gasteiger partial charge >= 0.3 is 0 Å². The molecule has 1 aromatic rings. The van der Waals surface area contributed by atoms with E-state index in [0.29, 0.717) is 6.61 Å². The lowest BCUT2D eigenvalue weighted by atomic mass is 10.1. The number of hydrogen-bond donors (Lipinski definition) is 0. The first kappa shape index (κ1) is 11.0. The molecule has 0 amide bonds. The maximum Gasteiger partial charge on any atom is 0.154 e. The highest BCUT2D eigenvalue weighted by molar-refractivity contribution is 5.51. The Morgan fingerprint density at radius 2 is 2.14 bits per heavy atom. The van der Waals surface area contributed by atoms with E-state index in [1.54, 1.807) is 7.11 Å². The van der Waals surface area contributed by atoms with Crippen LogP contribution >= 0.6 is 0 Å². The van der Waals surface area contributed by atoms with Crippen LogP contribution in [-0.4, -0.2) is 13.4 Å². The lowest BCUT2D eigenvalue weighted by Gasteiger charge is -2.12. The van der Waals surface area contributed by atoms with Crippen molar-refractivity contribution in [1.29, 1.82) is 0 Å². The highest BCUT2D eigenvalue weighted by Gasteiger charge is 2.02. The van der Waals surface area contributed by atoms with Gasteiger partial charge in [-0.2, -0.15) is 0 Å². The number of hydrogen-bond acceptors (Lipinski definition) is 2. The summed E-state index contributed by atoms with van der Waals surface area (Å²) in [6.45, 7) is 6.18. The zero-order valence-electron chi connectivity index (χ0n) is 8.69. The van der Waals surface area contributed by atoms with Gasteiger partial charge in [-0.25, -0.2) is 0 Å². The van der Waals surface area contributed by atoms with E-state index < -0.39 is 0 Å². The van der Waals surface area contributed by atoms with Crippen molar-refractivity contribution in [3.8, 4) is 0 Å². The minimum absolute atomic E-state index is 0.173. The van der Waals surface area contributed by atoms with Crippen LogP contribution < -0.4 is 0 Å². The third-order valence-corrected chi connectivity index (χ3v) is 2.08. The van der Waals surface area contributed by atoms with Gasteiger partial charge in [-0.1, -0.05) is 36.9 Å². The van der Waals surface area contributed by atoms with Crippen LogP contribution in [0.2, 0.25) is 0 Å². The second kappa shape index (κ2) is 5.58. The van der Waals surface area contributed by atoms with Gasteiger partial charge in [-0.3, -0.25) is 0 Å². The Labute approximate surface area is 85.2 Å². The van der Waals surface area contributed by atoms with E-state index in [1.807, 2.05) is 37.3 Å². The summed E-state index contributed by atoms with van der Waals surface area (Å²) in [7, 11) is 1.63. The first-order chi connectivity index (χ1) is 6.77. The molecule has 1 aromatic carbocycles. The van der Waals surface area contributed by atoms with Gasteiger partial charge in [-0.05, 0) is 18.1 Å². The summed E-state index contributed by atoms with van der Waals surface area (Å²) in [5.41, 5.74) is 2.24. The number of benzene rings is 1. The second-order valence-corrected chi connectivity index (χ2v) is 3.02. The monoisotopic (exact) mass is 192 g/mol. The summed E-state index contributed by atoms with van der Waals surface area (Å²) in [5.74, 6) is 0. The molecule has 0 aliphatic rings. The fraction of sp³-hybridized carbons (Fsp3) is 0.333. The molecule has 0 bridgehead atoms. The van der Waals surface area contributed by atoms with Crippen molar-refractivity contribution >= 4 is 6.08 Å². The van der Waals surface area contributed by atoms with Crippen LogP contribution in [0.25, 0.3) is 6.08 Å². The summed E-state index contributed by atoms with van der Waals surface area (Å²) in [4.78, 5) is 0. The molecule has 14 heavy (non-hydrogen) atoms. The Morgan fingerprint density at radius 3 is 2.79 bits per heavy atom. The molecule has 2 heteroatoms. The summed E-state index contributed by atoms with van der Waals surface area (Å²) < 4.78 is 10.4. The molecule has 1 rings (SSSR count). The van der Waals surface area contributed by atoms with Gasteiger partial charge in [0.05, 0.1) is 6.61 Å². The van der Waals surface area contributed by atoms with E-state index in [0.717, 1.165) is 11.1 Å². The van der Waals surface area contributed by atoms with E-state index >= 15 is 0 Å². The van der Waals surface area contributed by atoms with E-state index in [-0.39, 0.29) is 6.29 Å². The van der Waals surface area contributed by atoms with Crippen LogP contribution in [0.4, 0.5) is 0 Å². The van der Waals surface area contributed by atoms with Gasteiger partial charge in [0.1, 0.15) is 0 Å². The van der Waals surface area contributed by atoms with Crippen molar-refractivity contribution in [1.82, 2.24) is 0 Å². The van der Waals surface area contributed by atoms with Crippen LogP contribution in [0.1, 0.15) is 18.1 Å². The van der Waals surface area contributed by atoms with Crippen LogP contribution in [0.3, 0.4) is 0 Å². The first-order valence-electron chi connectivity index (χ1n) is 4.62. The van der Waals surface area contributed by atoms with E-state index in [2.05, 4.69) is 6.58 Å². The lowest BCUT2D eigenvalue weighted by molar-refractivity contribution is -0.118. The summed E-state index contributed by atoms with van der Waals surface area (Å²) in [6, 6.07) is 8.02. The Bertz CT molecular complexity index is 294. The average Bonchev–Trinajstić information content (AvgIpc) is 2.26. The molecule has 0 aromatic heterocycles. The van der Waals surface area contributed by atoms with E-state index in [1.165, 1.54) is 0 Å². The Balaban J connectivity index is 2.61. The predicted octanol–water partition coefficient (Wildman–Crippen LogP) is 2.84. The highest BCUT2D eigenvalue weighted by atomic mass is 16.7. The second-order valence-electron chi connectivity index (χ2n) is 3.02. The fourth-order valence-electron chi connectivity index (χ4n) is 1.14. The molecule has 0 saturated heterocycles. The Kier molecular flexibility index (Phi) is 4.36. The van der Waals surface area contributed by atoms with Crippen LogP contribution in [-0.2, 0) is 16.1 Å². The van der Waals surface area contributed by atoms with Crippen molar-refractivity contribution in [3.05, 3.63) is 42.0 Å². The zero-order valence-corrected chi connectivity index (χ0v) is 8.69. The van der Waals surface area contributed by atoms with Crippen molar-refractivity contribution in [2.45, 2.75) is 19.8 Å². The Hall–Kier alpha value is -1.12. The van der Waals surface area contributed by atoms with Crippen LogP contribution in [0.15, 0.2) is 30.8 Å². The number of methoxy groups -OCH3 is 1. The molecule has 0 fully saturated rings. The van der Waals surface area contributed by atoms with Crippen LogP contribution in [0, 0.1) is 0 Å². The molecule has 1 unspecified atom stereocenters. The zero-order chi connectivity index (χ0) is 10.4. The van der Waals surface area contributed by atoms with Crippen molar-refractivity contribution in [2.75, 3.05) is 7.11 Å². The molecule has 0 aliphatic heterocycles. The first-order valence-corrected chi connectivity index (χ1v) is 4.62. The number of rotatable bonds is 5. The average molecular weight is 192 g/mol. The van der Waals surface area contributed by atoms with Gasteiger partial charge in [0.2, 0.25) is 0 Å². The number of ether oxygens (including phenoxy) is 2. The van der Waals surface area contributed by atoms with Gasteiger partial charge in [0.25, 0.3) is 0 Å². The van der Waals surface area contributed by atoms with Crippen molar-refractivity contribution < 1.29 is 9.47 Å². The third kappa shape index (κ3) is 2.98. The quantitative estimate of drug-likeness (QED) is 0.668. The summed E-state index contributed by atoms with van der Waals surface area (Å²) in [5, 5.41) is 0. The summed E-state index contributed by atoms with van der Waals surface area (Å²) >= 11 is 0. The lowest BCUT2D eigenvalue weighted by Crippen LogP contribution is -2.10. The molecular weight excluding hydrogens is 176 g/mol. The standard InChI is InChI=1S/C12H16O2/c1-4-11-7-5-6-8-12(11)9-14-10(2)13-3/h4-8,10H,1,9H2,2-3H3. The minimum Gasteiger partial charge on any atom is -0.356 e.